The van der Waals surface area contributed by atoms with Crippen molar-refractivity contribution < 1.29 is 13.9 Å². The first-order valence-electron chi connectivity index (χ1n) is 10.7. The van der Waals surface area contributed by atoms with Crippen LogP contribution in [0.3, 0.4) is 0 Å². The molecule has 1 aliphatic carbocycles. The molecule has 35 heavy (non-hydrogen) atoms. The molecule has 4 radical (unpaired) electrons. The summed E-state index contributed by atoms with van der Waals surface area (Å²) in [7, 11) is 0. The second-order valence-corrected chi connectivity index (χ2v) is 8.78. The molecule has 6 rings (SSSR count). The van der Waals surface area contributed by atoms with Crippen LogP contribution in [-0.2, 0) is 29.1 Å². The van der Waals surface area contributed by atoms with Gasteiger partial charge in [0, 0.05) is 141 Å². The van der Waals surface area contributed by atoms with Crippen LogP contribution in [0.2, 0.25) is 0 Å². The zero-order chi connectivity index (χ0) is 21.6. The predicted octanol–water partition coefficient (Wildman–Crippen LogP) is 1.85. The summed E-state index contributed by atoms with van der Waals surface area (Å²) in [6.07, 6.45) is 2.00. The number of rotatable bonds is 1. The summed E-state index contributed by atoms with van der Waals surface area (Å²) in [6, 6.07) is 3.19. The third-order valence-corrected chi connectivity index (χ3v) is 7.24. The molecule has 3 aliphatic rings. The van der Waals surface area contributed by atoms with E-state index in [9.17, 15) is 14.0 Å². The average Bonchev–Trinajstić information content (AvgIpc) is 3.11. The molecule has 0 saturated carbocycles. The minimum Gasteiger partial charge on any atom is -0.460 e. The number of aromatic nitrogens is 2. The number of nitrogens with zero attached hydrogens (tertiary/aromatic N) is 2. The van der Waals surface area contributed by atoms with E-state index in [2.05, 4.69) is 0 Å². The van der Waals surface area contributed by atoms with Crippen LogP contribution in [0, 0.1) is 12.7 Å². The van der Waals surface area contributed by atoms with Gasteiger partial charge in [0.1, 0.15) is 12.4 Å². The Hall–Kier alpha value is 0.940. The van der Waals surface area contributed by atoms with Crippen molar-refractivity contribution in [3.63, 3.8) is 0 Å². The number of benzene rings is 1. The number of ether oxygens (including phenoxy) is 1. The Kier molecular flexibility index (Phi) is 11.0. The molecule has 0 spiro atoms. The topological polar surface area (TPSA) is 87.2 Å². The summed E-state index contributed by atoms with van der Waals surface area (Å²) in [5.74, 6) is -1.03. The SMILES string of the molecule is CC[C@@H]1C(=O)OCc2c1cc1n(c2=O)Cc2c-1nc1cc(F)c(C)c3c1c2[C@@H](N)CC3.[Na].[Na].[Na].[Na]. The number of carbonyl (C=O) groups excluding carboxylic acids is 1. The molecule has 11 heteroatoms. The molecule has 0 bridgehead atoms. The number of esters is 1. The number of pyridine rings is 2. The van der Waals surface area contributed by atoms with E-state index in [-0.39, 0.29) is 148 Å². The molecule has 4 heterocycles. The molecular formula is C24H22FN3Na4O3. The van der Waals surface area contributed by atoms with E-state index in [0.717, 1.165) is 34.1 Å². The van der Waals surface area contributed by atoms with Crippen LogP contribution >= 0.6 is 0 Å². The fourth-order valence-corrected chi connectivity index (χ4v) is 5.61. The molecule has 6 nitrogen and oxygen atoms in total. The Balaban J connectivity index is 0.00000108. The molecule has 2 N–H and O–H groups in total. The minimum atomic E-state index is -0.459. The van der Waals surface area contributed by atoms with Gasteiger partial charge in [-0.15, -0.1) is 0 Å². The molecule has 3 aromatic rings. The maximum absolute atomic E-state index is 14.6. The Morgan fingerprint density at radius 3 is 2.54 bits per heavy atom. The van der Waals surface area contributed by atoms with Crippen LogP contribution in [0.25, 0.3) is 22.3 Å². The Morgan fingerprint density at radius 1 is 1.14 bits per heavy atom. The Bertz CT molecular complexity index is 1410. The van der Waals surface area contributed by atoms with E-state index in [1.165, 1.54) is 6.07 Å². The quantitative estimate of drug-likeness (QED) is 0.312. The summed E-state index contributed by atoms with van der Waals surface area (Å²) >= 11 is 0. The third-order valence-electron chi connectivity index (χ3n) is 7.24. The van der Waals surface area contributed by atoms with Crippen LogP contribution in [0.5, 0.6) is 0 Å². The molecule has 0 unspecified atom stereocenters. The fourth-order valence-electron chi connectivity index (χ4n) is 5.61. The van der Waals surface area contributed by atoms with Crippen LogP contribution < -0.4 is 11.3 Å². The molecule has 0 fully saturated rings. The number of carbonyl (C=O) groups is 1. The second-order valence-electron chi connectivity index (χ2n) is 8.78. The average molecular weight is 511 g/mol. The van der Waals surface area contributed by atoms with Gasteiger partial charge >= 0.3 is 5.97 Å². The summed E-state index contributed by atoms with van der Waals surface area (Å²) in [5, 5.41) is 0.937. The van der Waals surface area contributed by atoms with Crippen LogP contribution in [0.1, 0.15) is 65.1 Å². The van der Waals surface area contributed by atoms with Gasteiger partial charge in [-0.25, -0.2) is 9.37 Å². The van der Waals surface area contributed by atoms with E-state index >= 15 is 0 Å². The van der Waals surface area contributed by atoms with E-state index < -0.39 is 5.92 Å². The monoisotopic (exact) mass is 511 g/mol. The molecular weight excluding hydrogens is 489 g/mol. The maximum Gasteiger partial charge on any atom is 0.313 e. The number of hydrogen-bond donors (Lipinski definition) is 1. The fraction of sp³-hybridized carbons (Fsp3) is 0.375. The van der Waals surface area contributed by atoms with Crippen LogP contribution in [0.4, 0.5) is 4.39 Å². The Labute approximate surface area is 291 Å². The third kappa shape index (κ3) is 4.79. The molecule has 1 aromatic carbocycles. The number of cyclic esters (lactones) is 1. The van der Waals surface area contributed by atoms with Crippen molar-refractivity contribution in [1.82, 2.24) is 9.55 Å². The van der Waals surface area contributed by atoms with E-state index in [0.29, 0.717) is 47.4 Å². The number of fused-ring (bicyclic) bond motifs is 5. The number of nitrogens with two attached hydrogens (primary N) is 1. The van der Waals surface area contributed by atoms with Gasteiger partial charge in [-0.2, -0.15) is 0 Å². The molecule has 2 aliphatic heterocycles. The van der Waals surface area contributed by atoms with Crippen molar-refractivity contribution in [2.75, 3.05) is 0 Å². The largest absolute Gasteiger partial charge is 0.460 e. The first-order valence-corrected chi connectivity index (χ1v) is 10.7. The van der Waals surface area contributed by atoms with Crippen molar-refractivity contribution >= 4 is 135 Å². The smallest absolute Gasteiger partial charge is 0.313 e. The van der Waals surface area contributed by atoms with Gasteiger partial charge in [0.2, 0.25) is 0 Å². The van der Waals surface area contributed by atoms with E-state index in [1.54, 1.807) is 11.5 Å². The van der Waals surface area contributed by atoms with Gasteiger partial charge in [0.15, 0.2) is 0 Å². The van der Waals surface area contributed by atoms with Gasteiger partial charge in [-0.3, -0.25) is 9.59 Å². The molecule has 2 aromatic heterocycles. The van der Waals surface area contributed by atoms with Gasteiger partial charge in [-0.05, 0) is 54.5 Å². The number of halogens is 1. The number of aryl methyl sites for hydroxylation is 1. The normalized spacial score (nSPS) is 18.6. The first kappa shape index (κ1) is 32.2. The predicted molar refractivity (Wildman–Crippen MR) is 136 cm³/mol. The van der Waals surface area contributed by atoms with Gasteiger partial charge in [0.25, 0.3) is 5.56 Å². The van der Waals surface area contributed by atoms with Crippen molar-refractivity contribution in [1.29, 1.82) is 0 Å². The van der Waals surface area contributed by atoms with E-state index in [1.807, 2.05) is 13.0 Å². The zero-order valence-electron chi connectivity index (χ0n) is 21.4. The molecule has 0 amide bonds. The van der Waals surface area contributed by atoms with Gasteiger partial charge in [0.05, 0.1) is 34.9 Å². The molecule has 162 valence electrons. The Morgan fingerprint density at radius 2 is 1.86 bits per heavy atom. The standard InChI is InChI=1S/C24H22FN3O3.4Na/c1-3-11-13-6-19-22-14(8-28(19)23(29)15(13)9-31-24(11)30)20-17(26)5-4-12-10(2)16(25)7-18(27-22)21(12)20;;;;/h6-7,11,17H,3-5,8-9,26H2,1-2H3;;;;/t11-,17-;;;;/m0..../s1. The minimum absolute atomic E-state index is 0. The molecule has 0 saturated heterocycles. The summed E-state index contributed by atoms with van der Waals surface area (Å²) in [6.45, 7) is 4.08. The van der Waals surface area contributed by atoms with Gasteiger partial charge < -0.3 is 15.0 Å². The maximum atomic E-state index is 14.6. The van der Waals surface area contributed by atoms with Crippen LogP contribution in [-0.4, -0.2) is 134 Å². The summed E-state index contributed by atoms with van der Waals surface area (Å²) in [4.78, 5) is 30.5. The van der Waals surface area contributed by atoms with Gasteiger partial charge in [-0.1, -0.05) is 6.92 Å². The molecule has 2 atom stereocenters. The second kappa shape index (κ2) is 12.0. The van der Waals surface area contributed by atoms with Crippen molar-refractivity contribution in [3.8, 4) is 11.4 Å². The van der Waals surface area contributed by atoms with Crippen molar-refractivity contribution in [2.24, 2.45) is 5.73 Å². The van der Waals surface area contributed by atoms with Crippen LogP contribution in [0.15, 0.2) is 16.9 Å². The van der Waals surface area contributed by atoms with Crippen molar-refractivity contribution in [2.45, 2.75) is 58.2 Å². The zero-order valence-corrected chi connectivity index (χ0v) is 29.4. The first-order chi connectivity index (χ1) is 14.9. The number of hydrogen-bond acceptors (Lipinski definition) is 5. The van der Waals surface area contributed by atoms with E-state index in [4.69, 9.17) is 15.5 Å². The summed E-state index contributed by atoms with van der Waals surface area (Å²) in [5.41, 5.74) is 13.1. The summed E-state index contributed by atoms with van der Waals surface area (Å²) < 4.78 is 21.6. The van der Waals surface area contributed by atoms with Crippen molar-refractivity contribution in [3.05, 3.63) is 61.7 Å².